The van der Waals surface area contributed by atoms with Crippen molar-refractivity contribution in [2.75, 3.05) is 10.2 Å². The lowest BCUT2D eigenvalue weighted by Crippen LogP contribution is -2.44. The van der Waals surface area contributed by atoms with Gasteiger partial charge in [0, 0.05) is 37.7 Å². The first kappa shape index (κ1) is 24.5. The van der Waals surface area contributed by atoms with Crippen LogP contribution in [0, 0.1) is 8.78 Å². The molecule has 0 radical (unpaired) electrons. The number of nitrogens with two attached hydrogens (primary N) is 1. The number of benzene rings is 3. The molecule has 1 unspecified atom stereocenters. The Morgan fingerprint density at radius 1 is 0.943 bits per heavy atom. The molecule has 0 fully saturated rings. The van der Waals surface area contributed by atoms with Crippen LogP contribution in [0.1, 0.15) is 11.6 Å². The van der Waals surface area contributed by atoms with Crippen LogP contribution in [-0.2, 0) is 4.79 Å². The van der Waals surface area contributed by atoms with Gasteiger partial charge in [-0.1, -0.05) is 29.8 Å². The Labute approximate surface area is 220 Å². The first-order valence-electron chi connectivity index (χ1n) is 10.5. The molecule has 3 amide bonds. The van der Waals surface area contributed by atoms with Gasteiger partial charge in [0.15, 0.2) is 6.20 Å². The van der Waals surface area contributed by atoms with Crippen LogP contribution in [0.4, 0.5) is 16.2 Å². The normalized spacial score (nSPS) is 11.5. The molecular formula is C26H20ClIN4O3. The highest BCUT2D eigenvalue weighted by Gasteiger charge is 2.33. The molecule has 7 nitrogen and oxygen atoms in total. The summed E-state index contributed by atoms with van der Waals surface area (Å²) in [4.78, 5) is 27.5. The Bertz CT molecular complexity index is 1360. The van der Waals surface area contributed by atoms with Crippen molar-refractivity contribution in [2.45, 2.75) is 6.04 Å². The maximum atomic E-state index is 13.6. The number of aromatic nitrogens is 1. The Hall–Kier alpha value is -3.63. The third-order valence-electron chi connectivity index (χ3n) is 5.32. The number of nitrogens with zero attached hydrogens (tertiary/aromatic N) is 2. The number of carbonyl (C=O) groups is 2. The molecule has 0 saturated carbocycles. The van der Waals surface area contributed by atoms with Crippen molar-refractivity contribution in [3.8, 4) is 11.3 Å². The highest BCUT2D eigenvalue weighted by molar-refractivity contribution is 14.1. The highest BCUT2D eigenvalue weighted by Crippen LogP contribution is 2.32. The van der Waals surface area contributed by atoms with E-state index < -0.39 is 18.0 Å². The predicted octanol–water partition coefficient (Wildman–Crippen LogP) is 5.51. The third-order valence-corrected chi connectivity index (χ3v) is 6.56. The van der Waals surface area contributed by atoms with Crippen LogP contribution in [0.5, 0.6) is 0 Å². The van der Waals surface area contributed by atoms with Crippen LogP contribution in [0.25, 0.3) is 11.3 Å². The first-order chi connectivity index (χ1) is 16.8. The average Bonchev–Trinajstić information content (AvgIpc) is 2.84. The number of anilines is 2. The second-order valence-corrected chi connectivity index (χ2v) is 9.19. The zero-order valence-corrected chi connectivity index (χ0v) is 21.2. The number of hydrogen-bond acceptors (Lipinski definition) is 3. The lowest BCUT2D eigenvalue weighted by molar-refractivity contribution is -0.593. The van der Waals surface area contributed by atoms with Crippen LogP contribution >= 0.6 is 34.2 Å². The average molecular weight is 599 g/mol. The van der Waals surface area contributed by atoms with E-state index in [9.17, 15) is 14.8 Å². The summed E-state index contributed by atoms with van der Waals surface area (Å²) in [5.41, 5.74) is 8.51. The van der Waals surface area contributed by atoms with E-state index in [-0.39, 0.29) is 0 Å². The predicted molar refractivity (Wildman–Crippen MR) is 145 cm³/mol. The summed E-state index contributed by atoms with van der Waals surface area (Å²) in [6.07, 6.45) is 1.42. The van der Waals surface area contributed by atoms with Crippen molar-refractivity contribution in [3.05, 3.63) is 117 Å². The fourth-order valence-electron chi connectivity index (χ4n) is 3.69. The standard InChI is InChI=1S/C26H20ClIN4O3/c27-18-10-14-20(15-11-18)32(26(29)34)24(21-5-1-2-6-22(21)28)25(33)30-19-12-8-17(9-13-19)23-7-3-4-16-31(23)35/h1-16,24H,(H2,29,34)(H,30,33). The van der Waals surface area contributed by atoms with Crippen LogP contribution < -0.4 is 20.7 Å². The molecule has 4 aromatic rings. The van der Waals surface area contributed by atoms with Crippen molar-refractivity contribution < 1.29 is 14.3 Å². The summed E-state index contributed by atoms with van der Waals surface area (Å²) >= 11 is 8.14. The maximum Gasteiger partial charge on any atom is 0.320 e. The number of pyridine rings is 1. The number of urea groups is 1. The number of halogens is 2. The van der Waals surface area contributed by atoms with Crippen LogP contribution in [0.15, 0.2) is 97.2 Å². The van der Waals surface area contributed by atoms with Gasteiger partial charge in [-0.05, 0) is 88.8 Å². The molecule has 0 aliphatic rings. The fourth-order valence-corrected chi connectivity index (χ4v) is 4.49. The molecule has 3 N–H and O–H groups in total. The van der Waals surface area contributed by atoms with Crippen LogP contribution in [-0.4, -0.2) is 11.9 Å². The molecule has 1 atom stereocenters. The van der Waals surface area contributed by atoms with Crippen LogP contribution in [0.2, 0.25) is 5.02 Å². The van der Waals surface area contributed by atoms with Crippen molar-refractivity contribution >= 4 is 57.5 Å². The second-order valence-electron chi connectivity index (χ2n) is 7.59. The van der Waals surface area contributed by atoms with E-state index in [1.165, 1.54) is 11.1 Å². The second kappa shape index (κ2) is 10.7. The molecule has 3 aromatic carbocycles. The van der Waals surface area contributed by atoms with Gasteiger partial charge in [0.1, 0.15) is 6.04 Å². The number of primary amides is 1. The first-order valence-corrected chi connectivity index (χ1v) is 12.0. The highest BCUT2D eigenvalue weighted by atomic mass is 127. The number of hydrogen-bond donors (Lipinski definition) is 2. The molecule has 0 aliphatic carbocycles. The molecule has 4 rings (SSSR count). The van der Waals surface area contributed by atoms with E-state index in [4.69, 9.17) is 17.3 Å². The molecule has 1 aromatic heterocycles. The van der Waals surface area contributed by atoms with Crippen molar-refractivity contribution in [2.24, 2.45) is 5.73 Å². The lowest BCUT2D eigenvalue weighted by atomic mass is 10.0. The SMILES string of the molecule is NC(=O)N(c1ccc(Cl)cc1)C(C(=O)Nc1ccc(-c2cccc[n+]2[O-])cc1)c1ccccc1I. The molecule has 0 aliphatic heterocycles. The fraction of sp³-hybridized carbons (Fsp3) is 0.0385. The van der Waals surface area contributed by atoms with Crippen molar-refractivity contribution in [1.29, 1.82) is 0 Å². The van der Waals surface area contributed by atoms with E-state index in [1.54, 1.807) is 78.9 Å². The monoisotopic (exact) mass is 598 g/mol. The summed E-state index contributed by atoms with van der Waals surface area (Å²) in [6.45, 7) is 0. The van der Waals surface area contributed by atoms with Gasteiger partial charge >= 0.3 is 6.03 Å². The molecule has 176 valence electrons. The number of nitrogens with one attached hydrogen (secondary N) is 1. The lowest BCUT2D eigenvalue weighted by Gasteiger charge is -2.30. The summed E-state index contributed by atoms with van der Waals surface area (Å²) in [6, 6.07) is 24.0. The van der Waals surface area contributed by atoms with Gasteiger partial charge < -0.3 is 16.3 Å². The van der Waals surface area contributed by atoms with Gasteiger partial charge in [-0.3, -0.25) is 9.69 Å². The minimum atomic E-state index is -1.04. The van der Waals surface area contributed by atoms with Crippen molar-refractivity contribution in [3.63, 3.8) is 0 Å². The number of carbonyl (C=O) groups excluding carboxylic acids is 2. The zero-order chi connectivity index (χ0) is 24.9. The van der Waals surface area contributed by atoms with Gasteiger partial charge in [0.25, 0.3) is 5.91 Å². The molecule has 0 saturated heterocycles. The van der Waals surface area contributed by atoms with E-state index in [0.717, 1.165) is 8.30 Å². The Kier molecular flexibility index (Phi) is 7.52. The summed E-state index contributed by atoms with van der Waals surface area (Å²) in [7, 11) is 0. The molecule has 0 bridgehead atoms. The van der Waals surface area contributed by atoms with E-state index in [0.29, 0.717) is 33.2 Å². The topological polar surface area (TPSA) is 102 Å². The summed E-state index contributed by atoms with van der Waals surface area (Å²) in [5, 5.41) is 15.4. The Morgan fingerprint density at radius 3 is 2.23 bits per heavy atom. The third kappa shape index (κ3) is 5.55. The molecular weight excluding hydrogens is 579 g/mol. The largest absolute Gasteiger partial charge is 0.618 e. The minimum Gasteiger partial charge on any atom is -0.618 e. The van der Waals surface area contributed by atoms with Gasteiger partial charge in [0.05, 0.1) is 0 Å². The summed E-state index contributed by atoms with van der Waals surface area (Å²) in [5.74, 6) is -0.450. The maximum absolute atomic E-state index is 13.6. The smallest absolute Gasteiger partial charge is 0.320 e. The number of rotatable bonds is 6. The van der Waals surface area contributed by atoms with Gasteiger partial charge in [-0.25, -0.2) is 4.79 Å². The van der Waals surface area contributed by atoms with Gasteiger partial charge in [-0.15, -0.1) is 0 Å². The molecule has 1 heterocycles. The molecule has 35 heavy (non-hydrogen) atoms. The van der Waals surface area contributed by atoms with Crippen LogP contribution in [0.3, 0.4) is 0 Å². The zero-order valence-electron chi connectivity index (χ0n) is 18.3. The minimum absolute atomic E-state index is 0.432. The molecule has 0 spiro atoms. The Balaban J connectivity index is 1.69. The number of amides is 3. The van der Waals surface area contributed by atoms with E-state index in [2.05, 4.69) is 27.9 Å². The molecule has 9 heteroatoms. The Morgan fingerprint density at radius 2 is 1.60 bits per heavy atom. The quantitative estimate of drug-likeness (QED) is 0.174. The van der Waals surface area contributed by atoms with E-state index >= 15 is 0 Å². The van der Waals surface area contributed by atoms with Gasteiger partial charge in [0.2, 0.25) is 5.69 Å². The van der Waals surface area contributed by atoms with Crippen molar-refractivity contribution in [1.82, 2.24) is 0 Å². The van der Waals surface area contributed by atoms with E-state index in [1.807, 2.05) is 12.1 Å². The van der Waals surface area contributed by atoms with Gasteiger partial charge in [-0.2, -0.15) is 4.73 Å². The summed E-state index contributed by atoms with van der Waals surface area (Å²) < 4.78 is 1.57.